The van der Waals surface area contributed by atoms with Crippen LogP contribution in [0, 0.1) is 5.92 Å². The van der Waals surface area contributed by atoms with E-state index in [-0.39, 0.29) is 12.0 Å². The molecule has 0 aliphatic carbocycles. The summed E-state index contributed by atoms with van der Waals surface area (Å²) in [4.78, 5) is 35.3. The lowest BCUT2D eigenvalue weighted by Gasteiger charge is -2.52. The maximum atomic E-state index is 13.7. The van der Waals surface area contributed by atoms with Crippen molar-refractivity contribution in [1.29, 1.82) is 0 Å². The standard InChI is InChI=1S/C35H36N2O4.C2HF3O2/c38-33(29-17-16-26-10-7-8-11-28(26)24-29)36-20-9-21-37-22-18-27(19-23-37)32(25-37)41-34(39)35(40,30-12-3-1-4-13-30)31-14-5-2-6-15-31;3-2(4,5)1(6)7/h1-8,10-17,24,27,32,40H,9,18-23,25H2;(H,6,7)/t27?,32-,37?;/m0./s1. The molecule has 0 aromatic heterocycles. The van der Waals surface area contributed by atoms with E-state index in [4.69, 9.17) is 14.6 Å². The third-order valence-electron chi connectivity index (χ3n) is 9.32. The minimum atomic E-state index is -5.19. The first-order valence-electron chi connectivity index (χ1n) is 15.9. The normalized spacial score (nSPS) is 20.3. The second-order valence-electron chi connectivity index (χ2n) is 12.4. The molecule has 3 aliphatic heterocycles. The largest absolute Gasteiger partial charge is 0.542 e. The van der Waals surface area contributed by atoms with E-state index < -0.39 is 23.7 Å². The van der Waals surface area contributed by atoms with Crippen molar-refractivity contribution in [2.24, 2.45) is 5.92 Å². The molecule has 0 saturated carbocycles. The molecule has 4 aromatic rings. The molecule has 2 bridgehead atoms. The molecule has 3 heterocycles. The van der Waals surface area contributed by atoms with Crippen molar-refractivity contribution in [2.45, 2.75) is 37.1 Å². The molecule has 252 valence electrons. The molecule has 3 aliphatic rings. The minimum Gasteiger partial charge on any atom is -0.542 e. The van der Waals surface area contributed by atoms with Crippen molar-refractivity contribution >= 4 is 28.6 Å². The number of benzene rings is 4. The number of halogens is 3. The van der Waals surface area contributed by atoms with E-state index in [0.29, 0.717) is 29.2 Å². The Hall–Kier alpha value is -4.74. The molecular weight excluding hydrogens is 625 g/mol. The fourth-order valence-electron chi connectivity index (χ4n) is 6.70. The summed E-state index contributed by atoms with van der Waals surface area (Å²) in [6, 6.07) is 31.9. The summed E-state index contributed by atoms with van der Waals surface area (Å²) in [7, 11) is 0. The summed E-state index contributed by atoms with van der Waals surface area (Å²) in [5, 5.41) is 25.9. The average molecular weight is 663 g/mol. The van der Waals surface area contributed by atoms with Gasteiger partial charge in [-0.2, -0.15) is 13.2 Å². The maximum absolute atomic E-state index is 13.7. The zero-order chi connectivity index (χ0) is 34.4. The number of alkyl halides is 3. The van der Waals surface area contributed by atoms with Gasteiger partial charge in [0.25, 0.3) is 5.91 Å². The zero-order valence-electron chi connectivity index (χ0n) is 26.2. The molecule has 3 saturated heterocycles. The van der Waals surface area contributed by atoms with Crippen LogP contribution in [0.1, 0.15) is 40.7 Å². The monoisotopic (exact) mass is 662 g/mol. The molecule has 2 N–H and O–H groups in total. The van der Waals surface area contributed by atoms with E-state index in [9.17, 15) is 27.9 Å². The summed E-state index contributed by atoms with van der Waals surface area (Å²) in [5.74, 6) is -3.37. The predicted molar refractivity (Wildman–Crippen MR) is 170 cm³/mol. The quantitative estimate of drug-likeness (QED) is 0.157. The number of ether oxygens (including phenoxy) is 1. The van der Waals surface area contributed by atoms with Crippen LogP contribution < -0.4 is 10.4 Å². The molecular formula is C37H37F3N2O6. The number of carboxylic acids is 1. The summed E-state index contributed by atoms with van der Waals surface area (Å²) in [5.41, 5.74) is -0.190. The Bertz CT molecular complexity index is 1680. The first-order valence-corrected chi connectivity index (χ1v) is 15.9. The first-order chi connectivity index (χ1) is 22.9. The van der Waals surface area contributed by atoms with Crippen LogP contribution in [-0.4, -0.2) is 72.4 Å². The van der Waals surface area contributed by atoms with E-state index in [1.807, 2.05) is 78.9 Å². The molecule has 4 aromatic carbocycles. The van der Waals surface area contributed by atoms with Crippen LogP contribution in [0.25, 0.3) is 10.8 Å². The van der Waals surface area contributed by atoms with Crippen LogP contribution in [0.3, 0.4) is 0 Å². The fourth-order valence-corrected chi connectivity index (χ4v) is 6.70. The fraction of sp³-hybridized carbons (Fsp3) is 0.324. The number of quaternary nitrogens is 1. The van der Waals surface area contributed by atoms with Gasteiger partial charge in [0.05, 0.1) is 19.6 Å². The number of aliphatic carboxylic acids is 1. The van der Waals surface area contributed by atoms with Crippen molar-refractivity contribution in [1.82, 2.24) is 5.32 Å². The van der Waals surface area contributed by atoms with Crippen LogP contribution in [0.4, 0.5) is 13.2 Å². The van der Waals surface area contributed by atoms with Gasteiger partial charge in [-0.15, -0.1) is 0 Å². The predicted octanol–water partition coefficient (Wildman–Crippen LogP) is 4.35. The van der Waals surface area contributed by atoms with E-state index in [1.165, 1.54) is 0 Å². The second-order valence-corrected chi connectivity index (χ2v) is 12.4. The number of piperidine rings is 3. The number of nitrogens with one attached hydrogen (secondary N) is 1. The first kappa shape index (κ1) is 34.6. The Balaban J connectivity index is 0.000000582. The Kier molecular flexibility index (Phi) is 10.5. The number of rotatable bonds is 9. The molecule has 0 radical (unpaired) electrons. The highest BCUT2D eigenvalue weighted by atomic mass is 19.4. The summed E-state index contributed by atoms with van der Waals surface area (Å²) in [6.45, 7) is 4.37. The number of carbonyl (C=O) groups excluding carboxylic acids is 3. The Morgan fingerprint density at radius 3 is 1.94 bits per heavy atom. The highest BCUT2D eigenvalue weighted by Gasteiger charge is 2.50. The number of hydrogen-bond acceptors (Lipinski definition) is 6. The molecule has 1 amide bonds. The van der Waals surface area contributed by atoms with Gasteiger partial charge < -0.3 is 29.5 Å². The highest BCUT2D eigenvalue weighted by Crippen LogP contribution is 2.38. The summed E-state index contributed by atoms with van der Waals surface area (Å²) >= 11 is 0. The molecule has 11 heteroatoms. The molecule has 0 unspecified atom stereocenters. The van der Waals surface area contributed by atoms with Crippen LogP contribution in [0.15, 0.2) is 103 Å². The van der Waals surface area contributed by atoms with Gasteiger partial charge in [-0.1, -0.05) is 91.0 Å². The van der Waals surface area contributed by atoms with Gasteiger partial charge in [0.2, 0.25) is 5.60 Å². The van der Waals surface area contributed by atoms with E-state index in [1.54, 1.807) is 24.3 Å². The van der Waals surface area contributed by atoms with Crippen molar-refractivity contribution in [2.75, 3.05) is 32.7 Å². The smallest absolute Gasteiger partial charge is 0.430 e. The van der Waals surface area contributed by atoms with Crippen LogP contribution in [-0.2, 0) is 19.9 Å². The number of carboxylic acid groups (broad SMARTS) is 1. The average Bonchev–Trinajstić information content (AvgIpc) is 3.10. The van der Waals surface area contributed by atoms with Crippen molar-refractivity contribution < 1.29 is 47.0 Å². The Morgan fingerprint density at radius 1 is 0.833 bits per heavy atom. The minimum absolute atomic E-state index is 0.0546. The summed E-state index contributed by atoms with van der Waals surface area (Å²) in [6.07, 6.45) is -2.59. The van der Waals surface area contributed by atoms with Gasteiger partial charge in [0.15, 0.2) is 6.10 Å². The van der Waals surface area contributed by atoms with Gasteiger partial charge in [-0.05, 0) is 34.0 Å². The maximum Gasteiger partial charge on any atom is 0.430 e. The number of carbonyl (C=O) groups is 3. The van der Waals surface area contributed by atoms with Crippen molar-refractivity contribution in [3.8, 4) is 0 Å². The second kappa shape index (κ2) is 14.6. The number of nitrogens with zero attached hydrogens (tertiary/aromatic N) is 1. The number of amides is 1. The van der Waals surface area contributed by atoms with Crippen LogP contribution in [0.2, 0.25) is 0 Å². The molecule has 7 rings (SSSR count). The molecule has 8 nitrogen and oxygen atoms in total. The molecule has 0 spiro atoms. The number of fused-ring (bicyclic) bond motifs is 4. The van der Waals surface area contributed by atoms with E-state index >= 15 is 0 Å². The summed E-state index contributed by atoms with van der Waals surface area (Å²) < 4.78 is 38.6. The van der Waals surface area contributed by atoms with E-state index in [2.05, 4.69) is 5.32 Å². The highest BCUT2D eigenvalue weighted by molar-refractivity contribution is 5.98. The molecule has 3 fully saturated rings. The van der Waals surface area contributed by atoms with Crippen LogP contribution >= 0.6 is 0 Å². The number of aliphatic hydroxyl groups is 1. The van der Waals surface area contributed by atoms with Gasteiger partial charge in [-0.3, -0.25) is 4.79 Å². The topological polar surface area (TPSA) is 116 Å². The van der Waals surface area contributed by atoms with E-state index in [0.717, 1.165) is 60.7 Å². The lowest BCUT2D eigenvalue weighted by Crippen LogP contribution is -2.65. The number of esters is 1. The van der Waals surface area contributed by atoms with Gasteiger partial charge in [-0.25, -0.2) is 4.79 Å². The Morgan fingerprint density at radius 2 is 1.38 bits per heavy atom. The van der Waals surface area contributed by atoms with Gasteiger partial charge in [0.1, 0.15) is 12.5 Å². The number of hydrogen-bond donors (Lipinski definition) is 2. The van der Waals surface area contributed by atoms with Gasteiger partial charge >= 0.3 is 12.1 Å². The third kappa shape index (κ3) is 7.86. The van der Waals surface area contributed by atoms with Gasteiger partial charge in [0, 0.05) is 37.3 Å². The van der Waals surface area contributed by atoms with Crippen LogP contribution in [0.5, 0.6) is 0 Å². The van der Waals surface area contributed by atoms with Crippen molar-refractivity contribution in [3.63, 3.8) is 0 Å². The van der Waals surface area contributed by atoms with Crippen molar-refractivity contribution in [3.05, 3.63) is 120 Å². The lowest BCUT2D eigenvalue weighted by molar-refractivity contribution is -0.946. The molecule has 1 atom stereocenters. The SMILES string of the molecule is O=C(NCCC[N+]12CCC(CC1)[C@@H](OC(=O)C(O)(c1ccccc1)c1ccccc1)C2)c1ccc2ccccc2c1.O=C([O-])C(F)(F)F. The zero-order valence-corrected chi connectivity index (χ0v) is 26.2. The lowest BCUT2D eigenvalue weighted by atomic mass is 9.82. The Labute approximate surface area is 276 Å². The molecule has 48 heavy (non-hydrogen) atoms. The third-order valence-corrected chi connectivity index (χ3v) is 9.32.